The van der Waals surface area contributed by atoms with Gasteiger partial charge in [-0.2, -0.15) is 0 Å². The lowest BCUT2D eigenvalue weighted by atomic mass is 9.94. The Morgan fingerprint density at radius 3 is 2.48 bits per heavy atom. The molecule has 2 N–H and O–H groups in total. The number of nitrogens with zero attached hydrogens (tertiary/aromatic N) is 2. The van der Waals surface area contributed by atoms with Crippen LogP contribution in [0.2, 0.25) is 0 Å². The molecule has 1 aliphatic carbocycles. The number of rotatable bonds is 6. The normalized spacial score (nSPS) is 22.1. The van der Waals surface area contributed by atoms with Gasteiger partial charge in [-0.15, -0.1) is 0 Å². The van der Waals surface area contributed by atoms with Gasteiger partial charge in [0.05, 0.1) is 17.9 Å². The molecule has 1 heterocycles. The fourth-order valence-corrected chi connectivity index (χ4v) is 4.53. The minimum atomic E-state index is -0.454. The highest BCUT2D eigenvalue weighted by Crippen LogP contribution is 2.29. The first-order valence-corrected chi connectivity index (χ1v) is 11.3. The lowest BCUT2D eigenvalue weighted by Crippen LogP contribution is -2.48. The Balaban J connectivity index is 1.45. The van der Waals surface area contributed by atoms with Crippen LogP contribution < -0.4 is 15.5 Å². The lowest BCUT2D eigenvalue weighted by molar-refractivity contribution is -0.143. The van der Waals surface area contributed by atoms with E-state index in [4.69, 9.17) is 4.74 Å². The Labute approximate surface area is 184 Å². The standard InChI is InChI=1S/C23H35FN4O3/c1-16-14-28(15-17(2)31-16)22(29)11-12-25-23(30)26-18-9-10-21(20(24)13-18)27(3)19-7-5-4-6-8-19/h9-10,13,16-17,19H,4-8,11-12,14-15H2,1-3H3,(H2,25,26,30)/t16-,17-/m0/s1. The van der Waals surface area contributed by atoms with Crippen molar-refractivity contribution in [1.29, 1.82) is 0 Å². The largest absolute Gasteiger partial charge is 0.372 e. The Hall–Kier alpha value is -2.35. The number of hydrogen-bond acceptors (Lipinski definition) is 4. The van der Waals surface area contributed by atoms with E-state index in [9.17, 15) is 14.0 Å². The third-order valence-corrected chi connectivity index (χ3v) is 6.10. The van der Waals surface area contributed by atoms with Crippen LogP contribution in [0.1, 0.15) is 52.4 Å². The topological polar surface area (TPSA) is 73.9 Å². The summed E-state index contributed by atoms with van der Waals surface area (Å²) < 4.78 is 20.3. The first-order chi connectivity index (χ1) is 14.8. The summed E-state index contributed by atoms with van der Waals surface area (Å²) in [5.74, 6) is -0.361. The fourth-order valence-electron chi connectivity index (χ4n) is 4.53. The highest BCUT2D eigenvalue weighted by atomic mass is 19.1. The van der Waals surface area contributed by atoms with E-state index in [1.807, 2.05) is 25.8 Å². The summed E-state index contributed by atoms with van der Waals surface area (Å²) in [4.78, 5) is 28.3. The molecule has 1 aromatic rings. The van der Waals surface area contributed by atoms with E-state index in [1.54, 1.807) is 17.0 Å². The number of ether oxygens (including phenoxy) is 1. The van der Waals surface area contributed by atoms with Crippen LogP contribution in [0.3, 0.4) is 0 Å². The fraction of sp³-hybridized carbons (Fsp3) is 0.652. The maximum Gasteiger partial charge on any atom is 0.319 e. The van der Waals surface area contributed by atoms with Crippen LogP contribution in [0.25, 0.3) is 0 Å². The smallest absolute Gasteiger partial charge is 0.319 e. The van der Waals surface area contributed by atoms with Crippen LogP contribution in [-0.4, -0.2) is 61.8 Å². The zero-order valence-corrected chi connectivity index (χ0v) is 18.8. The second-order valence-corrected chi connectivity index (χ2v) is 8.76. The van der Waals surface area contributed by atoms with E-state index in [2.05, 4.69) is 10.6 Å². The number of hydrogen-bond donors (Lipinski definition) is 2. The molecule has 1 saturated heterocycles. The van der Waals surface area contributed by atoms with Crippen LogP contribution in [0.4, 0.5) is 20.6 Å². The van der Waals surface area contributed by atoms with Gasteiger partial charge in [0.2, 0.25) is 5.91 Å². The van der Waals surface area contributed by atoms with Crippen LogP contribution in [0, 0.1) is 5.82 Å². The summed E-state index contributed by atoms with van der Waals surface area (Å²) in [6.45, 7) is 5.24. The second-order valence-electron chi connectivity index (χ2n) is 8.76. The number of urea groups is 1. The lowest BCUT2D eigenvalue weighted by Gasteiger charge is -2.35. The number of morpholine rings is 1. The van der Waals surface area contributed by atoms with Crippen LogP contribution in [-0.2, 0) is 9.53 Å². The van der Waals surface area contributed by atoms with Gasteiger partial charge in [-0.05, 0) is 44.9 Å². The summed E-state index contributed by atoms with van der Waals surface area (Å²) in [6.07, 6.45) is 6.02. The van der Waals surface area contributed by atoms with Gasteiger partial charge in [-0.3, -0.25) is 4.79 Å². The molecule has 172 valence electrons. The number of amides is 3. The molecule has 8 heteroatoms. The van der Waals surface area contributed by atoms with Gasteiger partial charge in [0.25, 0.3) is 0 Å². The monoisotopic (exact) mass is 434 g/mol. The Kier molecular flexibility index (Phi) is 8.12. The van der Waals surface area contributed by atoms with Gasteiger partial charge in [0.15, 0.2) is 0 Å². The Bertz CT molecular complexity index is 759. The summed E-state index contributed by atoms with van der Waals surface area (Å²) in [7, 11) is 1.93. The van der Waals surface area contributed by atoms with E-state index in [0.717, 1.165) is 12.8 Å². The highest BCUT2D eigenvalue weighted by Gasteiger charge is 2.25. The van der Waals surface area contributed by atoms with Crippen molar-refractivity contribution in [2.24, 2.45) is 0 Å². The molecule has 2 aliphatic rings. The van der Waals surface area contributed by atoms with Crippen molar-refractivity contribution in [3.63, 3.8) is 0 Å². The summed E-state index contributed by atoms with van der Waals surface area (Å²) in [6, 6.07) is 4.67. The third-order valence-electron chi connectivity index (χ3n) is 6.10. The minimum Gasteiger partial charge on any atom is -0.372 e. The molecule has 0 spiro atoms. The molecule has 3 amide bonds. The summed E-state index contributed by atoms with van der Waals surface area (Å²) >= 11 is 0. The zero-order valence-electron chi connectivity index (χ0n) is 18.8. The zero-order chi connectivity index (χ0) is 22.4. The SMILES string of the molecule is C[C@H]1CN(C(=O)CCNC(=O)Nc2ccc(N(C)C3CCCCC3)c(F)c2)C[C@H](C)O1. The van der Waals surface area contributed by atoms with Gasteiger partial charge in [-0.25, -0.2) is 9.18 Å². The van der Waals surface area contributed by atoms with E-state index in [0.29, 0.717) is 30.5 Å². The van der Waals surface area contributed by atoms with E-state index in [1.165, 1.54) is 25.3 Å². The molecule has 2 atom stereocenters. The van der Waals surface area contributed by atoms with Crippen molar-refractivity contribution in [3.05, 3.63) is 24.0 Å². The molecular formula is C23H35FN4O3. The molecule has 31 heavy (non-hydrogen) atoms. The van der Waals surface area contributed by atoms with Gasteiger partial charge >= 0.3 is 6.03 Å². The van der Waals surface area contributed by atoms with E-state index in [-0.39, 0.29) is 36.9 Å². The predicted molar refractivity (Wildman–Crippen MR) is 120 cm³/mol. The molecule has 0 aromatic heterocycles. The number of halogens is 1. The molecule has 1 saturated carbocycles. The summed E-state index contributed by atoms with van der Waals surface area (Å²) in [5, 5.41) is 5.31. The molecule has 7 nitrogen and oxygen atoms in total. The van der Waals surface area contributed by atoms with Crippen LogP contribution in [0.15, 0.2) is 18.2 Å². The van der Waals surface area contributed by atoms with E-state index < -0.39 is 6.03 Å². The quantitative estimate of drug-likeness (QED) is 0.715. The average molecular weight is 435 g/mol. The predicted octanol–water partition coefficient (Wildman–Crippen LogP) is 3.74. The maximum absolute atomic E-state index is 14.7. The molecule has 0 bridgehead atoms. The second kappa shape index (κ2) is 10.8. The molecule has 2 fully saturated rings. The molecule has 0 unspecified atom stereocenters. The highest BCUT2D eigenvalue weighted by molar-refractivity contribution is 5.89. The number of nitrogens with one attached hydrogen (secondary N) is 2. The summed E-state index contributed by atoms with van der Waals surface area (Å²) in [5.41, 5.74) is 0.940. The minimum absolute atomic E-state index is 0.0107. The van der Waals surface area contributed by atoms with E-state index >= 15 is 0 Å². The van der Waals surface area contributed by atoms with Crippen molar-refractivity contribution in [3.8, 4) is 0 Å². The third kappa shape index (κ3) is 6.56. The Morgan fingerprint density at radius 2 is 1.84 bits per heavy atom. The van der Waals surface area contributed by atoms with Crippen molar-refractivity contribution in [2.45, 2.75) is 70.6 Å². The average Bonchev–Trinajstić information content (AvgIpc) is 2.73. The van der Waals surface area contributed by atoms with Gasteiger partial charge < -0.3 is 25.2 Å². The number of carbonyl (C=O) groups excluding carboxylic acids is 2. The van der Waals surface area contributed by atoms with Crippen molar-refractivity contribution >= 4 is 23.3 Å². The molecular weight excluding hydrogens is 399 g/mol. The van der Waals surface area contributed by atoms with Gasteiger partial charge in [0, 0.05) is 44.8 Å². The van der Waals surface area contributed by atoms with Crippen molar-refractivity contribution < 1.29 is 18.7 Å². The van der Waals surface area contributed by atoms with Crippen LogP contribution >= 0.6 is 0 Å². The Morgan fingerprint density at radius 1 is 1.16 bits per heavy atom. The van der Waals surface area contributed by atoms with Crippen molar-refractivity contribution in [1.82, 2.24) is 10.2 Å². The number of anilines is 2. The molecule has 0 radical (unpaired) electrons. The molecule has 3 rings (SSSR count). The molecule has 1 aromatic carbocycles. The van der Waals surface area contributed by atoms with Crippen LogP contribution in [0.5, 0.6) is 0 Å². The number of benzene rings is 1. The molecule has 1 aliphatic heterocycles. The maximum atomic E-state index is 14.7. The van der Waals surface area contributed by atoms with Crippen molar-refractivity contribution in [2.75, 3.05) is 36.9 Å². The first kappa shape index (κ1) is 23.3. The number of carbonyl (C=O) groups is 2. The van der Waals surface area contributed by atoms with Gasteiger partial charge in [-0.1, -0.05) is 19.3 Å². The van der Waals surface area contributed by atoms with Gasteiger partial charge in [0.1, 0.15) is 5.82 Å². The first-order valence-electron chi connectivity index (χ1n) is 11.3.